The lowest BCUT2D eigenvalue weighted by Crippen LogP contribution is -2.01. The van der Waals surface area contributed by atoms with E-state index >= 15 is 0 Å². The Hall–Kier alpha value is -1.74. The molecule has 0 radical (unpaired) electrons. The van der Waals surface area contributed by atoms with Crippen LogP contribution >= 0.6 is 11.6 Å². The molecule has 1 N–H and O–H groups in total. The molecule has 0 aromatic heterocycles. The van der Waals surface area contributed by atoms with Crippen LogP contribution in [0.3, 0.4) is 0 Å². The second kappa shape index (κ2) is 7.15. The van der Waals surface area contributed by atoms with E-state index in [1.165, 1.54) is 6.07 Å². The molecule has 0 heterocycles. The lowest BCUT2D eigenvalue weighted by atomic mass is 10.2. The first-order valence-corrected chi connectivity index (χ1v) is 6.97. The molecule has 0 bridgehead atoms. The molecule has 0 aliphatic carbocycles. The summed E-state index contributed by atoms with van der Waals surface area (Å²) in [6.07, 6.45) is 0.983. The number of rotatable bonds is 6. The fourth-order valence-corrected chi connectivity index (χ4v) is 1.96. The topological polar surface area (TPSA) is 21.3 Å². The predicted molar refractivity (Wildman–Crippen MR) is 81.0 cm³/mol. The molecule has 2 nitrogen and oxygen atoms in total. The van der Waals surface area contributed by atoms with Gasteiger partial charge >= 0.3 is 0 Å². The van der Waals surface area contributed by atoms with Gasteiger partial charge in [0.15, 0.2) is 0 Å². The van der Waals surface area contributed by atoms with Crippen LogP contribution in [0.2, 0.25) is 5.02 Å². The summed E-state index contributed by atoms with van der Waals surface area (Å²) in [5.41, 5.74) is 1.88. The van der Waals surface area contributed by atoms with Crippen molar-refractivity contribution in [1.29, 1.82) is 0 Å². The number of hydrogen-bond acceptors (Lipinski definition) is 2. The van der Waals surface area contributed by atoms with Crippen LogP contribution in [0.1, 0.15) is 18.9 Å². The standard InChI is InChI=1S/C16H17ClFNO/c1-2-8-20-14-5-3-4-12(9-14)11-19-13-6-7-16(18)15(17)10-13/h3-7,9-10,19H,2,8,11H2,1H3. The Morgan fingerprint density at radius 1 is 1.20 bits per heavy atom. The van der Waals surface area contributed by atoms with Crippen molar-refractivity contribution < 1.29 is 9.13 Å². The van der Waals surface area contributed by atoms with Crippen LogP contribution in [0, 0.1) is 5.82 Å². The second-order valence-corrected chi connectivity index (χ2v) is 4.89. The van der Waals surface area contributed by atoms with Crippen molar-refractivity contribution in [3.05, 3.63) is 58.9 Å². The molecule has 2 aromatic carbocycles. The molecule has 2 aromatic rings. The van der Waals surface area contributed by atoms with Crippen LogP contribution in [-0.4, -0.2) is 6.61 Å². The number of halogens is 2. The van der Waals surface area contributed by atoms with E-state index in [9.17, 15) is 4.39 Å². The number of nitrogens with one attached hydrogen (secondary N) is 1. The molecular formula is C16H17ClFNO. The van der Waals surface area contributed by atoms with Gasteiger partial charge in [-0.3, -0.25) is 0 Å². The van der Waals surface area contributed by atoms with E-state index < -0.39 is 5.82 Å². The summed E-state index contributed by atoms with van der Waals surface area (Å²) in [7, 11) is 0. The first kappa shape index (κ1) is 14.7. The smallest absolute Gasteiger partial charge is 0.141 e. The van der Waals surface area contributed by atoms with Gasteiger partial charge in [-0.1, -0.05) is 30.7 Å². The zero-order valence-electron chi connectivity index (χ0n) is 11.3. The Morgan fingerprint density at radius 3 is 2.80 bits per heavy atom. The lowest BCUT2D eigenvalue weighted by molar-refractivity contribution is 0.317. The van der Waals surface area contributed by atoms with E-state index in [1.54, 1.807) is 12.1 Å². The van der Waals surface area contributed by atoms with Crippen molar-refractivity contribution in [2.24, 2.45) is 0 Å². The minimum absolute atomic E-state index is 0.120. The summed E-state index contributed by atoms with van der Waals surface area (Å²) in [6.45, 7) is 3.42. The van der Waals surface area contributed by atoms with Crippen LogP contribution < -0.4 is 10.1 Å². The van der Waals surface area contributed by atoms with Gasteiger partial charge < -0.3 is 10.1 Å². The number of hydrogen-bond donors (Lipinski definition) is 1. The van der Waals surface area contributed by atoms with Gasteiger partial charge in [-0.15, -0.1) is 0 Å². The zero-order chi connectivity index (χ0) is 14.4. The molecule has 0 aliphatic heterocycles. The van der Waals surface area contributed by atoms with E-state index in [1.807, 2.05) is 24.3 Å². The molecule has 0 unspecified atom stereocenters. The molecule has 0 saturated heterocycles. The van der Waals surface area contributed by atoms with E-state index in [0.717, 1.165) is 23.4 Å². The summed E-state index contributed by atoms with van der Waals surface area (Å²) in [5, 5.41) is 3.33. The van der Waals surface area contributed by atoms with E-state index in [0.29, 0.717) is 13.2 Å². The van der Waals surface area contributed by atoms with Gasteiger partial charge in [0.2, 0.25) is 0 Å². The number of benzene rings is 2. The van der Waals surface area contributed by atoms with Crippen molar-refractivity contribution >= 4 is 17.3 Å². The van der Waals surface area contributed by atoms with E-state index in [4.69, 9.17) is 16.3 Å². The number of anilines is 1. The van der Waals surface area contributed by atoms with E-state index in [2.05, 4.69) is 12.2 Å². The fourth-order valence-electron chi connectivity index (χ4n) is 1.78. The third kappa shape index (κ3) is 4.14. The molecule has 106 valence electrons. The van der Waals surface area contributed by atoms with Crippen LogP contribution in [0.15, 0.2) is 42.5 Å². The second-order valence-electron chi connectivity index (χ2n) is 4.48. The Balaban J connectivity index is 1.97. The minimum Gasteiger partial charge on any atom is -0.494 e. The van der Waals surface area contributed by atoms with Crippen molar-refractivity contribution in [1.82, 2.24) is 0 Å². The molecule has 0 fully saturated rings. The predicted octanol–water partition coefficient (Wildman–Crippen LogP) is 4.88. The Kier molecular flexibility index (Phi) is 5.24. The molecule has 2 rings (SSSR count). The summed E-state index contributed by atoms with van der Waals surface area (Å²) < 4.78 is 18.6. The van der Waals surface area contributed by atoms with Crippen molar-refractivity contribution in [2.45, 2.75) is 19.9 Å². The third-order valence-electron chi connectivity index (χ3n) is 2.79. The van der Waals surface area contributed by atoms with Gasteiger partial charge in [-0.2, -0.15) is 0 Å². The first-order valence-electron chi connectivity index (χ1n) is 6.59. The van der Waals surface area contributed by atoms with Gasteiger partial charge in [0.05, 0.1) is 11.6 Å². The maximum Gasteiger partial charge on any atom is 0.141 e. The summed E-state index contributed by atoms with van der Waals surface area (Å²) in [4.78, 5) is 0. The molecule has 0 amide bonds. The Bertz CT molecular complexity index is 574. The average Bonchev–Trinajstić information content (AvgIpc) is 2.47. The number of ether oxygens (including phenoxy) is 1. The molecule has 0 saturated carbocycles. The molecule has 4 heteroatoms. The van der Waals surface area contributed by atoms with Crippen LogP contribution in [-0.2, 0) is 6.54 Å². The minimum atomic E-state index is -0.410. The highest BCUT2D eigenvalue weighted by atomic mass is 35.5. The van der Waals surface area contributed by atoms with Gasteiger partial charge in [-0.25, -0.2) is 4.39 Å². The molecule has 0 aliphatic rings. The van der Waals surface area contributed by atoms with Gasteiger partial charge in [-0.05, 0) is 42.3 Å². The van der Waals surface area contributed by atoms with Gasteiger partial charge in [0.25, 0.3) is 0 Å². The fraction of sp³-hybridized carbons (Fsp3) is 0.250. The van der Waals surface area contributed by atoms with E-state index in [-0.39, 0.29) is 5.02 Å². The molecule has 0 atom stereocenters. The average molecular weight is 294 g/mol. The lowest BCUT2D eigenvalue weighted by Gasteiger charge is -2.09. The van der Waals surface area contributed by atoms with Gasteiger partial charge in [0.1, 0.15) is 11.6 Å². The Labute approximate surface area is 123 Å². The summed E-state index contributed by atoms with van der Waals surface area (Å²) in [6, 6.07) is 12.5. The summed E-state index contributed by atoms with van der Waals surface area (Å²) in [5.74, 6) is 0.454. The van der Waals surface area contributed by atoms with Crippen LogP contribution in [0.5, 0.6) is 5.75 Å². The highest BCUT2D eigenvalue weighted by Gasteiger charge is 2.01. The Morgan fingerprint density at radius 2 is 2.05 bits per heavy atom. The van der Waals surface area contributed by atoms with Crippen LogP contribution in [0.4, 0.5) is 10.1 Å². The quantitative estimate of drug-likeness (QED) is 0.819. The van der Waals surface area contributed by atoms with Gasteiger partial charge in [0, 0.05) is 12.2 Å². The third-order valence-corrected chi connectivity index (χ3v) is 3.08. The molecule has 0 spiro atoms. The molecule has 20 heavy (non-hydrogen) atoms. The maximum atomic E-state index is 13.1. The maximum absolute atomic E-state index is 13.1. The van der Waals surface area contributed by atoms with Crippen molar-refractivity contribution in [2.75, 3.05) is 11.9 Å². The molecular weight excluding hydrogens is 277 g/mol. The van der Waals surface area contributed by atoms with Crippen molar-refractivity contribution in [3.8, 4) is 5.75 Å². The highest BCUT2D eigenvalue weighted by Crippen LogP contribution is 2.20. The van der Waals surface area contributed by atoms with Crippen LogP contribution in [0.25, 0.3) is 0 Å². The first-order chi connectivity index (χ1) is 9.69. The normalized spacial score (nSPS) is 10.3. The van der Waals surface area contributed by atoms with Crippen molar-refractivity contribution in [3.63, 3.8) is 0 Å². The zero-order valence-corrected chi connectivity index (χ0v) is 12.1. The highest BCUT2D eigenvalue weighted by molar-refractivity contribution is 6.31. The SMILES string of the molecule is CCCOc1cccc(CNc2ccc(F)c(Cl)c2)c1. The summed E-state index contributed by atoms with van der Waals surface area (Å²) >= 11 is 5.74. The largest absolute Gasteiger partial charge is 0.494 e. The monoisotopic (exact) mass is 293 g/mol.